The van der Waals surface area contributed by atoms with E-state index < -0.39 is 0 Å². The van der Waals surface area contributed by atoms with Crippen molar-refractivity contribution in [1.29, 1.82) is 0 Å². The monoisotopic (exact) mass is 187 g/mol. The Bertz CT molecular complexity index is 420. The zero-order valence-corrected chi connectivity index (χ0v) is 8.34. The molecule has 2 nitrogen and oxygen atoms in total. The van der Waals surface area contributed by atoms with Crippen molar-refractivity contribution >= 4 is 5.78 Å². The molecule has 1 heterocycles. The Labute approximate surface area is 83.9 Å². The van der Waals surface area contributed by atoms with Crippen LogP contribution in [0.2, 0.25) is 0 Å². The minimum Gasteiger partial charge on any atom is -0.337 e. The number of hydrogen-bond acceptors (Lipinski definition) is 1. The van der Waals surface area contributed by atoms with Crippen LogP contribution in [0.15, 0.2) is 6.07 Å². The van der Waals surface area contributed by atoms with Crippen LogP contribution in [0.1, 0.15) is 34.6 Å². The Hall–Kier alpha value is -1.49. The van der Waals surface area contributed by atoms with E-state index in [1.54, 1.807) is 0 Å². The van der Waals surface area contributed by atoms with E-state index in [-0.39, 0.29) is 5.78 Å². The maximum Gasteiger partial charge on any atom is 0.164 e. The quantitative estimate of drug-likeness (QED) is 0.616. The van der Waals surface area contributed by atoms with E-state index in [9.17, 15) is 4.79 Å². The minimum absolute atomic E-state index is 0.269. The summed E-state index contributed by atoms with van der Waals surface area (Å²) in [6.07, 6.45) is 7.93. The molecule has 0 saturated carbocycles. The molecule has 1 aromatic rings. The predicted molar refractivity (Wildman–Crippen MR) is 55.3 cm³/mol. The maximum absolute atomic E-state index is 11.6. The number of carbonyl (C=O) groups excluding carboxylic acids is 1. The van der Waals surface area contributed by atoms with E-state index >= 15 is 0 Å². The van der Waals surface area contributed by atoms with Crippen molar-refractivity contribution in [3.8, 4) is 12.3 Å². The predicted octanol–water partition coefficient (Wildman–Crippen LogP) is 1.95. The molecule has 0 spiro atoms. The number of fused-ring (bicyclic) bond motifs is 1. The van der Waals surface area contributed by atoms with Crippen LogP contribution >= 0.6 is 0 Å². The maximum atomic E-state index is 11.6. The first kappa shape index (κ1) is 9.08. The molecule has 0 aromatic carbocycles. The van der Waals surface area contributed by atoms with Crippen LogP contribution < -0.4 is 0 Å². The summed E-state index contributed by atoms with van der Waals surface area (Å²) in [7, 11) is 0. The lowest BCUT2D eigenvalue weighted by Gasteiger charge is -2.13. The van der Waals surface area contributed by atoms with Gasteiger partial charge in [-0.15, -0.1) is 6.42 Å². The fourth-order valence-corrected chi connectivity index (χ4v) is 2.10. The Morgan fingerprint density at radius 2 is 2.36 bits per heavy atom. The number of Topliss-reactive ketones (excluding diaryl/α,β-unsaturated/α-hetero) is 1. The highest BCUT2D eigenvalue weighted by Gasteiger charge is 2.21. The van der Waals surface area contributed by atoms with Crippen molar-refractivity contribution in [2.75, 3.05) is 0 Å². The van der Waals surface area contributed by atoms with Crippen LogP contribution in [0, 0.1) is 19.3 Å². The third kappa shape index (κ3) is 1.26. The van der Waals surface area contributed by atoms with Gasteiger partial charge in [-0.05, 0) is 25.8 Å². The second kappa shape index (κ2) is 3.34. The minimum atomic E-state index is 0.269. The molecule has 1 aromatic heterocycles. The highest BCUT2D eigenvalue weighted by atomic mass is 16.1. The summed E-state index contributed by atoms with van der Waals surface area (Å²) < 4.78 is 2.08. The molecule has 14 heavy (non-hydrogen) atoms. The Kier molecular flexibility index (Phi) is 2.17. The van der Waals surface area contributed by atoms with Gasteiger partial charge in [-0.3, -0.25) is 4.79 Å². The first-order chi connectivity index (χ1) is 6.74. The normalized spacial score (nSPS) is 15.0. The van der Waals surface area contributed by atoms with Gasteiger partial charge in [0, 0.05) is 23.4 Å². The fraction of sp³-hybridized carbons (Fsp3) is 0.417. The number of aryl methyl sites for hydroxylation is 1. The number of rotatable bonds is 1. The van der Waals surface area contributed by atoms with Gasteiger partial charge in [0.25, 0.3) is 0 Å². The van der Waals surface area contributed by atoms with Crippen LogP contribution in [-0.2, 0) is 13.0 Å². The zero-order chi connectivity index (χ0) is 10.1. The molecule has 0 atom stereocenters. The smallest absolute Gasteiger partial charge is 0.164 e. The van der Waals surface area contributed by atoms with Crippen LogP contribution in [0.4, 0.5) is 0 Å². The van der Waals surface area contributed by atoms with Gasteiger partial charge in [0.2, 0.25) is 0 Å². The molecule has 0 aliphatic heterocycles. The molecule has 0 radical (unpaired) electrons. The number of carbonyl (C=O) groups is 1. The average molecular weight is 187 g/mol. The molecular formula is C12H13NO. The molecular weight excluding hydrogens is 174 g/mol. The van der Waals surface area contributed by atoms with Crippen LogP contribution in [0.25, 0.3) is 0 Å². The van der Waals surface area contributed by atoms with Gasteiger partial charge in [0.1, 0.15) is 0 Å². The number of hydrogen-bond donors (Lipinski definition) is 0. The summed E-state index contributed by atoms with van der Waals surface area (Å²) >= 11 is 0. The molecule has 2 heteroatoms. The highest BCUT2D eigenvalue weighted by molar-refractivity contribution is 5.98. The third-order valence-electron chi connectivity index (χ3n) is 2.78. The SMILES string of the molecule is C#CCn1c(C)cc2c1CCCC2=O. The summed E-state index contributed by atoms with van der Waals surface area (Å²) in [4.78, 5) is 11.6. The number of ketones is 1. The molecule has 0 saturated heterocycles. The lowest BCUT2D eigenvalue weighted by atomic mass is 9.97. The summed E-state index contributed by atoms with van der Waals surface area (Å²) in [5, 5.41) is 0. The fourth-order valence-electron chi connectivity index (χ4n) is 2.10. The van der Waals surface area contributed by atoms with Gasteiger partial charge in [-0.1, -0.05) is 5.92 Å². The molecule has 0 N–H and O–H groups in total. The van der Waals surface area contributed by atoms with Gasteiger partial charge in [-0.2, -0.15) is 0 Å². The average Bonchev–Trinajstić information content (AvgIpc) is 2.47. The van der Waals surface area contributed by atoms with Crippen LogP contribution in [-0.4, -0.2) is 10.4 Å². The Morgan fingerprint density at radius 1 is 1.57 bits per heavy atom. The van der Waals surface area contributed by atoms with E-state index in [4.69, 9.17) is 6.42 Å². The topological polar surface area (TPSA) is 22.0 Å². The largest absolute Gasteiger partial charge is 0.337 e. The first-order valence-corrected chi connectivity index (χ1v) is 4.89. The van der Waals surface area contributed by atoms with Gasteiger partial charge in [0.05, 0.1) is 6.54 Å². The second-order valence-electron chi connectivity index (χ2n) is 3.71. The zero-order valence-electron chi connectivity index (χ0n) is 8.34. The van der Waals surface area contributed by atoms with Crippen molar-refractivity contribution in [2.24, 2.45) is 0 Å². The summed E-state index contributed by atoms with van der Waals surface area (Å²) in [6, 6.07) is 1.97. The second-order valence-corrected chi connectivity index (χ2v) is 3.71. The standard InChI is InChI=1S/C12H13NO/c1-3-7-13-9(2)8-10-11(13)5-4-6-12(10)14/h1,8H,4-7H2,2H3. The van der Waals surface area contributed by atoms with Crippen molar-refractivity contribution in [3.63, 3.8) is 0 Å². The summed E-state index contributed by atoms with van der Waals surface area (Å²) in [5.74, 6) is 2.90. The van der Waals surface area contributed by atoms with E-state index in [2.05, 4.69) is 10.5 Å². The number of aromatic nitrogens is 1. The molecule has 1 aliphatic rings. The third-order valence-corrected chi connectivity index (χ3v) is 2.78. The van der Waals surface area contributed by atoms with E-state index in [1.807, 2.05) is 13.0 Å². The molecule has 72 valence electrons. The summed E-state index contributed by atoms with van der Waals surface area (Å²) in [5.41, 5.74) is 3.13. The molecule has 0 bridgehead atoms. The number of terminal acetylenes is 1. The van der Waals surface area contributed by atoms with Gasteiger partial charge < -0.3 is 4.57 Å². The van der Waals surface area contributed by atoms with E-state index in [0.717, 1.165) is 29.8 Å². The first-order valence-electron chi connectivity index (χ1n) is 4.89. The molecule has 0 fully saturated rings. The Balaban J connectivity index is 2.52. The van der Waals surface area contributed by atoms with Crippen molar-refractivity contribution in [2.45, 2.75) is 32.7 Å². The van der Waals surface area contributed by atoms with Crippen LogP contribution in [0.5, 0.6) is 0 Å². The van der Waals surface area contributed by atoms with Gasteiger partial charge in [-0.25, -0.2) is 0 Å². The lowest BCUT2D eigenvalue weighted by molar-refractivity contribution is 0.0972. The highest BCUT2D eigenvalue weighted by Crippen LogP contribution is 2.24. The van der Waals surface area contributed by atoms with Crippen LogP contribution in [0.3, 0.4) is 0 Å². The van der Waals surface area contributed by atoms with E-state index in [0.29, 0.717) is 13.0 Å². The van der Waals surface area contributed by atoms with Gasteiger partial charge in [0.15, 0.2) is 5.78 Å². The van der Waals surface area contributed by atoms with Crippen molar-refractivity contribution < 1.29 is 4.79 Å². The van der Waals surface area contributed by atoms with Crippen molar-refractivity contribution in [3.05, 3.63) is 23.0 Å². The van der Waals surface area contributed by atoms with E-state index in [1.165, 1.54) is 0 Å². The lowest BCUT2D eigenvalue weighted by Crippen LogP contribution is -2.13. The number of nitrogens with zero attached hydrogens (tertiary/aromatic N) is 1. The Morgan fingerprint density at radius 3 is 3.07 bits per heavy atom. The summed E-state index contributed by atoms with van der Waals surface area (Å²) in [6.45, 7) is 2.58. The molecule has 2 rings (SSSR count). The molecule has 0 amide bonds. The van der Waals surface area contributed by atoms with Gasteiger partial charge >= 0.3 is 0 Å². The molecule has 0 unspecified atom stereocenters. The van der Waals surface area contributed by atoms with Crippen molar-refractivity contribution in [1.82, 2.24) is 4.57 Å². The molecule has 1 aliphatic carbocycles.